The van der Waals surface area contributed by atoms with Crippen molar-refractivity contribution in [2.75, 3.05) is 20.3 Å². The molecule has 1 fully saturated rings. The molecule has 0 saturated carbocycles. The highest BCUT2D eigenvalue weighted by Crippen LogP contribution is 2.32. The average molecular weight is 257 g/mol. The van der Waals surface area contributed by atoms with Crippen molar-refractivity contribution in [2.45, 2.75) is 77.0 Å². The van der Waals surface area contributed by atoms with E-state index < -0.39 is 0 Å². The Labute approximate surface area is 113 Å². The van der Waals surface area contributed by atoms with Crippen molar-refractivity contribution in [3.8, 4) is 0 Å². The molecule has 2 atom stereocenters. The predicted octanol–water partition coefficient (Wildman–Crippen LogP) is 3.13. The molecule has 0 amide bonds. The van der Waals surface area contributed by atoms with Gasteiger partial charge in [0.15, 0.2) is 0 Å². The number of rotatable bonds is 8. The zero-order valence-corrected chi connectivity index (χ0v) is 12.8. The van der Waals surface area contributed by atoms with Gasteiger partial charge in [0.1, 0.15) is 0 Å². The maximum atomic E-state index is 6.00. The lowest BCUT2D eigenvalue weighted by Gasteiger charge is -2.36. The Kier molecular flexibility index (Phi) is 6.09. The summed E-state index contributed by atoms with van der Waals surface area (Å²) in [6, 6.07) is 0.439. The summed E-state index contributed by atoms with van der Waals surface area (Å²) in [5.41, 5.74) is -0.0277. The van der Waals surface area contributed by atoms with Crippen LogP contribution in [0.1, 0.15) is 59.8 Å². The first kappa shape index (κ1) is 15.9. The van der Waals surface area contributed by atoms with Gasteiger partial charge in [0.05, 0.1) is 11.2 Å². The second-order valence-electron chi connectivity index (χ2n) is 6.27. The third kappa shape index (κ3) is 4.52. The summed E-state index contributed by atoms with van der Waals surface area (Å²) in [5.74, 6) is 0. The van der Waals surface area contributed by atoms with Crippen LogP contribution < -0.4 is 5.32 Å². The molecule has 0 aromatic rings. The Bertz CT molecular complexity index is 235. The van der Waals surface area contributed by atoms with E-state index in [9.17, 15) is 0 Å². The van der Waals surface area contributed by atoms with Gasteiger partial charge >= 0.3 is 0 Å². The van der Waals surface area contributed by atoms with Gasteiger partial charge in [0.25, 0.3) is 0 Å². The van der Waals surface area contributed by atoms with Crippen molar-refractivity contribution in [2.24, 2.45) is 0 Å². The van der Waals surface area contributed by atoms with Crippen LogP contribution in [0.5, 0.6) is 0 Å². The van der Waals surface area contributed by atoms with Crippen LogP contribution in [0.2, 0.25) is 0 Å². The molecule has 1 aliphatic heterocycles. The van der Waals surface area contributed by atoms with E-state index in [0.29, 0.717) is 6.04 Å². The normalized spacial score (nSPS) is 26.5. The van der Waals surface area contributed by atoms with Gasteiger partial charge in [-0.3, -0.25) is 0 Å². The third-order valence-electron chi connectivity index (χ3n) is 4.21. The van der Waals surface area contributed by atoms with Gasteiger partial charge in [-0.25, -0.2) is 0 Å². The van der Waals surface area contributed by atoms with Crippen LogP contribution in [0.15, 0.2) is 0 Å². The summed E-state index contributed by atoms with van der Waals surface area (Å²) in [5, 5.41) is 3.67. The van der Waals surface area contributed by atoms with Crippen LogP contribution in [0, 0.1) is 0 Å². The summed E-state index contributed by atoms with van der Waals surface area (Å²) in [7, 11) is 1.79. The zero-order valence-electron chi connectivity index (χ0n) is 12.8. The van der Waals surface area contributed by atoms with Gasteiger partial charge in [-0.2, -0.15) is 0 Å². The molecule has 0 aliphatic carbocycles. The minimum atomic E-state index is -0.0406. The maximum absolute atomic E-state index is 6.00. The van der Waals surface area contributed by atoms with Crippen LogP contribution in [-0.4, -0.2) is 37.5 Å². The van der Waals surface area contributed by atoms with Gasteiger partial charge in [-0.05, 0) is 59.4 Å². The highest BCUT2D eigenvalue weighted by molar-refractivity contribution is 4.93. The molecule has 1 heterocycles. The number of methoxy groups -OCH3 is 1. The SMILES string of the molecule is CCCNC(CCC(C)(C)OC)C1(C)CCCO1. The fourth-order valence-corrected chi connectivity index (χ4v) is 2.61. The standard InChI is InChI=1S/C15H31NO2/c1-6-11-16-13(8-10-14(2,3)17-5)15(4)9-7-12-18-15/h13,16H,6-12H2,1-5H3. The van der Waals surface area contributed by atoms with Crippen molar-refractivity contribution in [3.63, 3.8) is 0 Å². The van der Waals surface area contributed by atoms with Crippen molar-refractivity contribution in [3.05, 3.63) is 0 Å². The average Bonchev–Trinajstić information content (AvgIpc) is 2.77. The van der Waals surface area contributed by atoms with Crippen LogP contribution in [0.3, 0.4) is 0 Å². The third-order valence-corrected chi connectivity index (χ3v) is 4.21. The molecule has 0 aromatic heterocycles. The second-order valence-corrected chi connectivity index (χ2v) is 6.27. The quantitative estimate of drug-likeness (QED) is 0.724. The molecular formula is C15H31NO2. The number of ether oxygens (including phenoxy) is 2. The molecule has 2 unspecified atom stereocenters. The van der Waals surface area contributed by atoms with Crippen LogP contribution in [0.25, 0.3) is 0 Å². The summed E-state index contributed by atoms with van der Waals surface area (Å²) in [6.07, 6.45) is 5.69. The molecule has 3 heteroatoms. The van der Waals surface area contributed by atoms with E-state index in [1.165, 1.54) is 19.3 Å². The minimum absolute atomic E-state index is 0.0129. The molecule has 1 aliphatic rings. The highest BCUT2D eigenvalue weighted by Gasteiger charge is 2.38. The van der Waals surface area contributed by atoms with Crippen molar-refractivity contribution < 1.29 is 9.47 Å². The Balaban J connectivity index is 2.55. The topological polar surface area (TPSA) is 30.5 Å². The van der Waals surface area contributed by atoms with E-state index in [1.54, 1.807) is 7.11 Å². The number of nitrogens with one attached hydrogen (secondary N) is 1. The molecule has 0 radical (unpaired) electrons. The van der Waals surface area contributed by atoms with Crippen LogP contribution >= 0.6 is 0 Å². The molecule has 108 valence electrons. The Morgan fingerprint density at radius 1 is 1.44 bits per heavy atom. The Morgan fingerprint density at radius 3 is 2.67 bits per heavy atom. The Hall–Kier alpha value is -0.120. The van der Waals surface area contributed by atoms with Gasteiger partial charge in [-0.15, -0.1) is 0 Å². The molecule has 1 rings (SSSR count). The highest BCUT2D eigenvalue weighted by atomic mass is 16.5. The molecule has 1 saturated heterocycles. The predicted molar refractivity (Wildman–Crippen MR) is 76.0 cm³/mol. The lowest BCUT2D eigenvalue weighted by molar-refractivity contribution is -0.0296. The summed E-state index contributed by atoms with van der Waals surface area (Å²) >= 11 is 0. The summed E-state index contributed by atoms with van der Waals surface area (Å²) < 4.78 is 11.5. The molecule has 18 heavy (non-hydrogen) atoms. The minimum Gasteiger partial charge on any atom is -0.379 e. The molecule has 0 spiro atoms. The van der Waals surface area contributed by atoms with E-state index in [4.69, 9.17) is 9.47 Å². The first-order valence-electron chi connectivity index (χ1n) is 7.36. The lowest BCUT2D eigenvalue weighted by atomic mass is 9.87. The van der Waals surface area contributed by atoms with Crippen molar-refractivity contribution in [1.29, 1.82) is 0 Å². The first-order valence-corrected chi connectivity index (χ1v) is 7.36. The van der Waals surface area contributed by atoms with Gasteiger partial charge in [-0.1, -0.05) is 6.92 Å². The fourth-order valence-electron chi connectivity index (χ4n) is 2.61. The van der Waals surface area contributed by atoms with Gasteiger partial charge in [0.2, 0.25) is 0 Å². The summed E-state index contributed by atoms with van der Waals surface area (Å²) in [4.78, 5) is 0. The van der Waals surface area contributed by atoms with Crippen LogP contribution in [-0.2, 0) is 9.47 Å². The monoisotopic (exact) mass is 257 g/mol. The largest absolute Gasteiger partial charge is 0.379 e. The maximum Gasteiger partial charge on any atom is 0.0807 e. The second kappa shape index (κ2) is 6.88. The van der Waals surface area contributed by atoms with Crippen molar-refractivity contribution in [1.82, 2.24) is 5.32 Å². The van der Waals surface area contributed by atoms with E-state index in [-0.39, 0.29) is 11.2 Å². The zero-order chi connectivity index (χ0) is 13.6. The van der Waals surface area contributed by atoms with Gasteiger partial charge in [0, 0.05) is 19.8 Å². The molecule has 3 nitrogen and oxygen atoms in total. The molecule has 1 N–H and O–H groups in total. The molecule has 0 bridgehead atoms. The fraction of sp³-hybridized carbons (Fsp3) is 1.00. The Morgan fingerprint density at radius 2 is 2.17 bits per heavy atom. The number of hydrogen-bond donors (Lipinski definition) is 1. The summed E-state index contributed by atoms with van der Waals surface area (Å²) in [6.45, 7) is 10.8. The molecule has 0 aromatic carbocycles. The van der Waals surface area contributed by atoms with E-state index in [2.05, 4.69) is 33.0 Å². The van der Waals surface area contributed by atoms with Gasteiger partial charge < -0.3 is 14.8 Å². The smallest absolute Gasteiger partial charge is 0.0807 e. The van der Waals surface area contributed by atoms with Crippen molar-refractivity contribution >= 4 is 0 Å². The molecular weight excluding hydrogens is 226 g/mol. The lowest BCUT2D eigenvalue weighted by Crippen LogP contribution is -2.49. The van der Waals surface area contributed by atoms with E-state index >= 15 is 0 Å². The van der Waals surface area contributed by atoms with E-state index in [1.807, 2.05) is 0 Å². The first-order chi connectivity index (χ1) is 8.43. The van der Waals surface area contributed by atoms with E-state index in [0.717, 1.165) is 26.0 Å². The van der Waals surface area contributed by atoms with Crippen LogP contribution in [0.4, 0.5) is 0 Å². The number of hydrogen-bond acceptors (Lipinski definition) is 3.